The predicted molar refractivity (Wildman–Crippen MR) is 97.9 cm³/mol. The molecule has 0 aromatic heterocycles. The SMILES string of the molecule is C[C@@H]1Cc2cc(C(=O)OCC(=O)c3ccc(F)cc3)ccc2N1S(C)(=O)=O. The number of ketones is 1. The molecular weight excluding hydrogens is 373 g/mol. The Morgan fingerprint density at radius 1 is 1.15 bits per heavy atom. The molecule has 0 saturated carbocycles. The highest BCUT2D eigenvalue weighted by molar-refractivity contribution is 7.92. The number of ether oxygens (including phenoxy) is 1. The summed E-state index contributed by atoms with van der Waals surface area (Å²) in [5.74, 6) is -1.58. The average molecular weight is 391 g/mol. The van der Waals surface area contributed by atoms with Gasteiger partial charge < -0.3 is 4.74 Å². The van der Waals surface area contributed by atoms with E-state index in [0.29, 0.717) is 12.1 Å². The maximum atomic E-state index is 12.9. The minimum Gasteiger partial charge on any atom is -0.454 e. The number of hydrogen-bond acceptors (Lipinski definition) is 5. The number of hydrogen-bond donors (Lipinski definition) is 0. The van der Waals surface area contributed by atoms with E-state index in [2.05, 4.69) is 0 Å². The van der Waals surface area contributed by atoms with E-state index in [-0.39, 0.29) is 17.2 Å². The summed E-state index contributed by atoms with van der Waals surface area (Å²) in [4.78, 5) is 24.2. The van der Waals surface area contributed by atoms with Gasteiger partial charge >= 0.3 is 5.97 Å². The van der Waals surface area contributed by atoms with Crippen LogP contribution in [0.3, 0.4) is 0 Å². The van der Waals surface area contributed by atoms with Crippen molar-refractivity contribution < 1.29 is 27.1 Å². The summed E-state index contributed by atoms with van der Waals surface area (Å²) in [5.41, 5.74) is 1.76. The number of carbonyl (C=O) groups excluding carboxylic acids is 2. The summed E-state index contributed by atoms with van der Waals surface area (Å²) >= 11 is 0. The van der Waals surface area contributed by atoms with Gasteiger partial charge in [0.05, 0.1) is 17.5 Å². The second-order valence-electron chi connectivity index (χ2n) is 6.46. The van der Waals surface area contributed by atoms with Crippen molar-refractivity contribution in [2.45, 2.75) is 19.4 Å². The van der Waals surface area contributed by atoms with Crippen LogP contribution in [0.1, 0.15) is 33.2 Å². The van der Waals surface area contributed by atoms with E-state index in [1.807, 2.05) is 0 Å². The maximum Gasteiger partial charge on any atom is 0.338 e. The highest BCUT2D eigenvalue weighted by Crippen LogP contribution is 2.34. The zero-order valence-electron chi connectivity index (χ0n) is 14.8. The number of halogens is 1. The van der Waals surface area contributed by atoms with Gasteiger partial charge in [-0.3, -0.25) is 9.10 Å². The minimum atomic E-state index is -3.41. The van der Waals surface area contributed by atoms with E-state index >= 15 is 0 Å². The molecule has 27 heavy (non-hydrogen) atoms. The first-order valence-electron chi connectivity index (χ1n) is 8.25. The highest BCUT2D eigenvalue weighted by atomic mass is 32.2. The fourth-order valence-corrected chi connectivity index (χ4v) is 4.43. The third-order valence-corrected chi connectivity index (χ3v) is 5.60. The summed E-state index contributed by atoms with van der Waals surface area (Å²) < 4.78 is 43.1. The van der Waals surface area contributed by atoms with Crippen LogP contribution in [0, 0.1) is 5.82 Å². The second kappa shape index (κ2) is 7.11. The summed E-state index contributed by atoms with van der Waals surface area (Å²) in [5, 5.41) is 0. The smallest absolute Gasteiger partial charge is 0.338 e. The van der Waals surface area contributed by atoms with Gasteiger partial charge in [-0.15, -0.1) is 0 Å². The van der Waals surface area contributed by atoms with Crippen molar-refractivity contribution in [1.82, 2.24) is 0 Å². The van der Waals surface area contributed by atoms with Crippen LogP contribution in [-0.2, 0) is 21.2 Å². The summed E-state index contributed by atoms with van der Waals surface area (Å²) in [6, 6.07) is 9.35. The Morgan fingerprint density at radius 2 is 1.78 bits per heavy atom. The fraction of sp³-hybridized carbons (Fsp3) is 0.263. The number of esters is 1. The van der Waals surface area contributed by atoms with Gasteiger partial charge in [0.2, 0.25) is 10.0 Å². The lowest BCUT2D eigenvalue weighted by Gasteiger charge is -2.21. The largest absolute Gasteiger partial charge is 0.454 e. The summed E-state index contributed by atoms with van der Waals surface area (Å²) in [7, 11) is -3.41. The van der Waals surface area contributed by atoms with Crippen LogP contribution in [0.5, 0.6) is 0 Å². The summed E-state index contributed by atoms with van der Waals surface area (Å²) in [6.45, 7) is 1.33. The normalized spacial score (nSPS) is 16.1. The third kappa shape index (κ3) is 4.00. The van der Waals surface area contributed by atoms with Crippen molar-refractivity contribution in [3.63, 3.8) is 0 Å². The van der Waals surface area contributed by atoms with E-state index in [0.717, 1.165) is 24.0 Å². The molecule has 1 aliphatic heterocycles. The Balaban J connectivity index is 1.71. The van der Waals surface area contributed by atoms with Crippen molar-refractivity contribution in [2.75, 3.05) is 17.2 Å². The monoisotopic (exact) mass is 391 g/mol. The number of nitrogens with zero attached hydrogens (tertiary/aromatic N) is 1. The van der Waals surface area contributed by atoms with Gasteiger partial charge in [-0.25, -0.2) is 17.6 Å². The number of anilines is 1. The van der Waals surface area contributed by atoms with Crippen LogP contribution in [-0.4, -0.2) is 39.1 Å². The van der Waals surface area contributed by atoms with E-state index in [4.69, 9.17) is 4.74 Å². The molecular formula is C19H18FNO5S. The van der Waals surface area contributed by atoms with Gasteiger partial charge in [0, 0.05) is 11.6 Å². The van der Waals surface area contributed by atoms with Gasteiger partial charge in [0.15, 0.2) is 12.4 Å². The van der Waals surface area contributed by atoms with E-state index < -0.39 is 34.2 Å². The lowest BCUT2D eigenvalue weighted by atomic mass is 10.1. The first-order valence-corrected chi connectivity index (χ1v) is 10.1. The Bertz CT molecular complexity index is 1000. The molecule has 0 spiro atoms. The van der Waals surface area contributed by atoms with Gasteiger partial charge in [-0.1, -0.05) is 0 Å². The molecule has 0 saturated heterocycles. The summed E-state index contributed by atoms with van der Waals surface area (Å²) in [6.07, 6.45) is 1.62. The number of benzene rings is 2. The van der Waals surface area contributed by atoms with Crippen LogP contribution in [0.25, 0.3) is 0 Å². The zero-order valence-corrected chi connectivity index (χ0v) is 15.6. The zero-order chi connectivity index (χ0) is 19.8. The third-order valence-electron chi connectivity index (χ3n) is 4.33. The molecule has 0 radical (unpaired) electrons. The molecule has 1 atom stereocenters. The van der Waals surface area contributed by atoms with E-state index in [1.54, 1.807) is 19.1 Å². The van der Waals surface area contributed by atoms with Crippen LogP contribution < -0.4 is 4.31 Å². The molecule has 0 unspecified atom stereocenters. The molecule has 2 aromatic carbocycles. The first-order chi connectivity index (χ1) is 12.7. The molecule has 0 bridgehead atoms. The van der Waals surface area contributed by atoms with E-state index in [1.165, 1.54) is 22.5 Å². The predicted octanol–water partition coefficient (Wildman–Crippen LogP) is 2.58. The van der Waals surface area contributed by atoms with Crippen molar-refractivity contribution in [3.05, 3.63) is 65.0 Å². The molecule has 0 amide bonds. The van der Waals surface area contributed by atoms with Crippen molar-refractivity contribution in [1.29, 1.82) is 0 Å². The van der Waals surface area contributed by atoms with Crippen molar-refractivity contribution in [2.24, 2.45) is 0 Å². The van der Waals surface area contributed by atoms with Crippen LogP contribution >= 0.6 is 0 Å². The van der Waals surface area contributed by atoms with Gasteiger partial charge in [0.1, 0.15) is 5.82 Å². The topological polar surface area (TPSA) is 80.8 Å². The number of carbonyl (C=O) groups is 2. The molecule has 1 aliphatic rings. The van der Waals surface area contributed by atoms with Crippen LogP contribution in [0.4, 0.5) is 10.1 Å². The second-order valence-corrected chi connectivity index (χ2v) is 8.32. The Kier molecular flexibility index (Phi) is 5.01. The van der Waals surface area contributed by atoms with Crippen molar-refractivity contribution >= 4 is 27.5 Å². The first kappa shape index (κ1) is 19.0. The molecule has 3 rings (SSSR count). The molecule has 2 aromatic rings. The highest BCUT2D eigenvalue weighted by Gasteiger charge is 2.32. The number of Topliss-reactive ketones (excluding diaryl/α,β-unsaturated/α-hetero) is 1. The molecule has 0 fully saturated rings. The molecule has 6 nitrogen and oxygen atoms in total. The standard InChI is InChI=1S/C19H18FNO5S/c1-12-9-15-10-14(5-8-17(15)21(12)27(2,24)25)19(23)26-11-18(22)13-3-6-16(20)7-4-13/h3-8,10,12H,9,11H2,1-2H3/t12-/m1/s1. The van der Waals surface area contributed by atoms with Gasteiger partial charge in [0.25, 0.3) is 0 Å². The Hall–Kier alpha value is -2.74. The molecule has 0 aliphatic carbocycles. The molecule has 8 heteroatoms. The van der Waals surface area contributed by atoms with Gasteiger partial charge in [-0.2, -0.15) is 0 Å². The lowest BCUT2D eigenvalue weighted by molar-refractivity contribution is 0.0474. The van der Waals surface area contributed by atoms with Crippen LogP contribution in [0.2, 0.25) is 0 Å². The quantitative estimate of drug-likeness (QED) is 0.578. The molecule has 142 valence electrons. The van der Waals surface area contributed by atoms with Crippen molar-refractivity contribution in [3.8, 4) is 0 Å². The van der Waals surface area contributed by atoms with Gasteiger partial charge in [-0.05, 0) is 61.4 Å². The van der Waals surface area contributed by atoms with E-state index in [9.17, 15) is 22.4 Å². The fourth-order valence-electron chi connectivity index (χ4n) is 3.17. The maximum absolute atomic E-state index is 12.9. The molecule has 1 heterocycles. The Labute approximate surface area is 156 Å². The minimum absolute atomic E-state index is 0.235. The number of fused-ring (bicyclic) bond motifs is 1. The number of rotatable bonds is 5. The number of sulfonamides is 1. The average Bonchev–Trinajstić information content (AvgIpc) is 2.94. The Morgan fingerprint density at radius 3 is 2.41 bits per heavy atom. The van der Waals surface area contributed by atoms with Crippen LogP contribution in [0.15, 0.2) is 42.5 Å². The molecule has 0 N–H and O–H groups in total. The lowest BCUT2D eigenvalue weighted by Crippen LogP contribution is -2.34.